The van der Waals surface area contributed by atoms with Crippen molar-refractivity contribution in [2.45, 2.75) is 19.8 Å². The van der Waals surface area contributed by atoms with Crippen LogP contribution in [-0.4, -0.2) is 23.4 Å². The lowest BCUT2D eigenvalue weighted by Crippen LogP contribution is -2.09. The second kappa shape index (κ2) is 6.26. The van der Waals surface area contributed by atoms with Crippen LogP contribution in [0.5, 0.6) is 0 Å². The van der Waals surface area contributed by atoms with Gasteiger partial charge in [-0.15, -0.1) is 11.3 Å². The number of anilines is 2. The maximum atomic E-state index is 9.25. The molecule has 0 atom stereocenters. The van der Waals surface area contributed by atoms with Crippen LogP contribution >= 0.6 is 11.3 Å². The molecule has 20 heavy (non-hydrogen) atoms. The predicted octanol–water partition coefficient (Wildman–Crippen LogP) is 1.96. The summed E-state index contributed by atoms with van der Waals surface area (Å²) in [5.41, 5.74) is 17.4. The number of nitrogen functional groups attached to an aromatic ring is 2. The molecule has 0 radical (unpaired) electrons. The van der Waals surface area contributed by atoms with E-state index in [2.05, 4.69) is 0 Å². The van der Waals surface area contributed by atoms with Gasteiger partial charge in [-0.05, 0) is 54.0 Å². The van der Waals surface area contributed by atoms with Crippen molar-refractivity contribution in [1.82, 2.24) is 0 Å². The average Bonchev–Trinajstić information content (AvgIpc) is 2.84. The van der Waals surface area contributed by atoms with E-state index in [4.69, 9.17) is 16.6 Å². The molecule has 108 valence electrons. The van der Waals surface area contributed by atoms with Crippen LogP contribution in [0.1, 0.15) is 16.0 Å². The van der Waals surface area contributed by atoms with Crippen LogP contribution in [-0.2, 0) is 12.8 Å². The van der Waals surface area contributed by atoms with Crippen LogP contribution in [0.15, 0.2) is 17.5 Å². The Kier molecular flexibility index (Phi) is 4.65. The first kappa shape index (κ1) is 14.8. The summed E-state index contributed by atoms with van der Waals surface area (Å²) < 4.78 is 0. The van der Waals surface area contributed by atoms with E-state index in [-0.39, 0.29) is 13.2 Å². The van der Waals surface area contributed by atoms with E-state index in [0.29, 0.717) is 24.2 Å². The third-order valence-corrected chi connectivity index (χ3v) is 4.35. The molecule has 0 bridgehead atoms. The summed E-state index contributed by atoms with van der Waals surface area (Å²) in [6, 6.07) is 3.90. The highest BCUT2D eigenvalue weighted by Crippen LogP contribution is 2.38. The van der Waals surface area contributed by atoms with E-state index < -0.39 is 0 Å². The van der Waals surface area contributed by atoms with Crippen molar-refractivity contribution in [1.29, 1.82) is 0 Å². The van der Waals surface area contributed by atoms with Gasteiger partial charge in [-0.25, -0.2) is 0 Å². The van der Waals surface area contributed by atoms with Crippen molar-refractivity contribution in [3.8, 4) is 11.1 Å². The molecule has 0 fully saturated rings. The van der Waals surface area contributed by atoms with Gasteiger partial charge in [-0.2, -0.15) is 0 Å². The number of thiophene rings is 1. The summed E-state index contributed by atoms with van der Waals surface area (Å²) in [7, 11) is 0. The average molecular weight is 292 g/mol. The van der Waals surface area contributed by atoms with Gasteiger partial charge < -0.3 is 21.7 Å². The number of hydrogen-bond acceptors (Lipinski definition) is 5. The SMILES string of the molecule is Cc1sccc1-c1cc(N)c(CCO)c(CCO)c1N. The molecular formula is C15H20N2O2S. The van der Waals surface area contributed by atoms with Gasteiger partial charge in [-0.1, -0.05) is 0 Å². The van der Waals surface area contributed by atoms with Crippen LogP contribution in [0.3, 0.4) is 0 Å². The number of rotatable bonds is 5. The number of aliphatic hydroxyl groups is 2. The Labute approximate surface area is 122 Å². The molecule has 0 aliphatic carbocycles. The van der Waals surface area contributed by atoms with E-state index in [1.807, 2.05) is 24.4 Å². The predicted molar refractivity (Wildman–Crippen MR) is 84.9 cm³/mol. The quantitative estimate of drug-likeness (QED) is 0.634. The summed E-state index contributed by atoms with van der Waals surface area (Å²) >= 11 is 1.66. The van der Waals surface area contributed by atoms with Gasteiger partial charge >= 0.3 is 0 Å². The van der Waals surface area contributed by atoms with Gasteiger partial charge in [0.1, 0.15) is 0 Å². The minimum Gasteiger partial charge on any atom is -0.398 e. The molecule has 0 amide bonds. The van der Waals surface area contributed by atoms with E-state index in [1.165, 1.54) is 4.88 Å². The molecule has 1 heterocycles. The Morgan fingerprint density at radius 1 is 1.05 bits per heavy atom. The fourth-order valence-corrected chi connectivity index (χ4v) is 3.22. The minimum atomic E-state index is 0.00808. The van der Waals surface area contributed by atoms with Crippen LogP contribution in [0.4, 0.5) is 11.4 Å². The topological polar surface area (TPSA) is 92.5 Å². The molecule has 2 rings (SSSR count). The van der Waals surface area contributed by atoms with Crippen molar-refractivity contribution >= 4 is 22.7 Å². The fourth-order valence-electron chi connectivity index (χ4n) is 2.51. The maximum Gasteiger partial charge on any atom is 0.0472 e. The summed E-state index contributed by atoms with van der Waals surface area (Å²) in [5.74, 6) is 0. The monoisotopic (exact) mass is 292 g/mol. The van der Waals surface area contributed by atoms with E-state index >= 15 is 0 Å². The fraction of sp³-hybridized carbons (Fsp3) is 0.333. The standard InChI is InChI=1S/C15H20N2O2S/c1-9-10(4-7-20-9)13-8-14(16)11(2-5-18)12(3-6-19)15(13)17/h4,7-8,18-19H,2-3,5-6,16-17H2,1H3. The lowest BCUT2D eigenvalue weighted by Gasteiger charge is -2.18. The molecule has 0 saturated heterocycles. The first-order chi connectivity index (χ1) is 9.60. The van der Waals surface area contributed by atoms with Crippen molar-refractivity contribution in [3.63, 3.8) is 0 Å². The molecule has 5 heteroatoms. The van der Waals surface area contributed by atoms with Gasteiger partial charge in [0, 0.05) is 35.0 Å². The highest BCUT2D eigenvalue weighted by Gasteiger charge is 2.16. The summed E-state index contributed by atoms with van der Waals surface area (Å²) in [5, 5.41) is 20.4. The molecule has 0 aliphatic rings. The first-order valence-corrected chi connectivity index (χ1v) is 7.44. The van der Waals surface area contributed by atoms with Gasteiger partial charge in [0.25, 0.3) is 0 Å². The Balaban J connectivity index is 2.64. The number of nitrogens with two attached hydrogens (primary N) is 2. The van der Waals surface area contributed by atoms with E-state index in [9.17, 15) is 5.11 Å². The Hall–Kier alpha value is -1.56. The van der Waals surface area contributed by atoms with Crippen LogP contribution in [0.25, 0.3) is 11.1 Å². The van der Waals surface area contributed by atoms with Crippen molar-refractivity contribution in [3.05, 3.63) is 33.5 Å². The highest BCUT2D eigenvalue weighted by molar-refractivity contribution is 7.10. The van der Waals surface area contributed by atoms with Crippen LogP contribution < -0.4 is 11.5 Å². The lowest BCUT2D eigenvalue weighted by atomic mass is 9.92. The number of aliphatic hydroxyl groups excluding tert-OH is 2. The van der Waals surface area contributed by atoms with Gasteiger partial charge in [0.15, 0.2) is 0 Å². The lowest BCUT2D eigenvalue weighted by molar-refractivity contribution is 0.293. The normalized spacial score (nSPS) is 10.9. The third-order valence-electron chi connectivity index (χ3n) is 3.50. The zero-order valence-electron chi connectivity index (χ0n) is 11.5. The van der Waals surface area contributed by atoms with Crippen molar-refractivity contribution < 1.29 is 10.2 Å². The summed E-state index contributed by atoms with van der Waals surface area (Å²) in [6.45, 7) is 2.07. The Morgan fingerprint density at radius 2 is 1.70 bits per heavy atom. The van der Waals surface area contributed by atoms with E-state index in [0.717, 1.165) is 22.3 Å². The third kappa shape index (κ3) is 2.65. The molecule has 0 unspecified atom stereocenters. The molecule has 0 aliphatic heterocycles. The summed E-state index contributed by atoms with van der Waals surface area (Å²) in [6.07, 6.45) is 0.899. The van der Waals surface area contributed by atoms with E-state index in [1.54, 1.807) is 11.3 Å². The van der Waals surface area contributed by atoms with Crippen molar-refractivity contribution in [2.75, 3.05) is 24.7 Å². The van der Waals surface area contributed by atoms with Gasteiger partial charge in [0.2, 0.25) is 0 Å². The molecule has 0 spiro atoms. The molecule has 0 saturated carbocycles. The maximum absolute atomic E-state index is 9.25. The number of hydrogen-bond donors (Lipinski definition) is 4. The number of aryl methyl sites for hydroxylation is 1. The molecule has 6 N–H and O–H groups in total. The molecule has 4 nitrogen and oxygen atoms in total. The first-order valence-electron chi connectivity index (χ1n) is 6.56. The molecular weight excluding hydrogens is 272 g/mol. The number of benzene rings is 1. The summed E-state index contributed by atoms with van der Waals surface area (Å²) in [4.78, 5) is 1.18. The second-order valence-corrected chi connectivity index (χ2v) is 5.84. The molecule has 1 aromatic heterocycles. The zero-order valence-corrected chi connectivity index (χ0v) is 12.3. The van der Waals surface area contributed by atoms with Crippen molar-refractivity contribution in [2.24, 2.45) is 0 Å². The smallest absolute Gasteiger partial charge is 0.0472 e. The Bertz CT molecular complexity index is 608. The second-order valence-electron chi connectivity index (χ2n) is 4.72. The largest absolute Gasteiger partial charge is 0.398 e. The molecule has 2 aromatic rings. The van der Waals surface area contributed by atoms with Gasteiger partial charge in [-0.3, -0.25) is 0 Å². The highest BCUT2D eigenvalue weighted by atomic mass is 32.1. The van der Waals surface area contributed by atoms with Crippen LogP contribution in [0, 0.1) is 6.92 Å². The van der Waals surface area contributed by atoms with Gasteiger partial charge in [0.05, 0.1) is 0 Å². The zero-order chi connectivity index (χ0) is 14.7. The minimum absolute atomic E-state index is 0.00808. The molecule has 1 aromatic carbocycles. The Morgan fingerprint density at radius 3 is 2.25 bits per heavy atom. The van der Waals surface area contributed by atoms with Crippen LogP contribution in [0.2, 0.25) is 0 Å².